The summed E-state index contributed by atoms with van der Waals surface area (Å²) in [6.07, 6.45) is 1.94. The Balaban J connectivity index is 0.000000179. The van der Waals surface area contributed by atoms with Gasteiger partial charge in [-0.2, -0.15) is 0 Å². The molecule has 0 radical (unpaired) electrons. The van der Waals surface area contributed by atoms with Crippen molar-refractivity contribution in [3.05, 3.63) is 169 Å². The summed E-state index contributed by atoms with van der Waals surface area (Å²) in [4.78, 5) is 16.3. The highest BCUT2D eigenvalue weighted by atomic mass is 79.9. The molecule has 18 heteroatoms. The second-order valence-corrected chi connectivity index (χ2v) is 22.0. The molecule has 0 bridgehead atoms. The number of nitrogens with one attached hydrogen (secondary N) is 4. The van der Waals surface area contributed by atoms with E-state index in [0.29, 0.717) is 13.2 Å². The molecule has 2 aliphatic rings. The highest BCUT2D eigenvalue weighted by Crippen LogP contribution is 2.42. The molecule has 10 rings (SSSR count). The zero-order valence-electron chi connectivity index (χ0n) is 39.7. The third-order valence-electron chi connectivity index (χ3n) is 12.3. The molecule has 6 aromatic carbocycles. The molecule has 2 unspecified atom stereocenters. The van der Waals surface area contributed by atoms with Gasteiger partial charge >= 0.3 is 0 Å². The number of benzene rings is 6. The monoisotopic (exact) mass is 1360 g/mol. The first-order valence-electron chi connectivity index (χ1n) is 22.6. The summed E-state index contributed by atoms with van der Waals surface area (Å²) in [5, 5.41) is 17.2. The molecule has 5 N–H and O–H groups in total. The molecule has 0 aliphatic carbocycles. The van der Waals surface area contributed by atoms with Crippen molar-refractivity contribution in [2.24, 2.45) is 0 Å². The average molecular weight is 1360 g/mol. The van der Waals surface area contributed by atoms with Crippen LogP contribution in [0, 0.1) is 0 Å². The number of halogens is 6. The molecule has 0 fully saturated rings. The molecule has 8 aromatic rings. The summed E-state index contributed by atoms with van der Waals surface area (Å²) in [7, 11) is 6.78. The number of carboxylic acid groups (broad SMARTS) is 1. The van der Waals surface area contributed by atoms with Gasteiger partial charge in [-0.1, -0.05) is 44.0 Å². The van der Waals surface area contributed by atoms with Crippen LogP contribution in [0.5, 0.6) is 34.5 Å². The molecule has 2 aromatic heterocycles. The van der Waals surface area contributed by atoms with E-state index in [2.05, 4.69) is 165 Å². The van der Waals surface area contributed by atoms with Gasteiger partial charge in [-0.25, -0.2) is 0 Å². The predicted octanol–water partition coefficient (Wildman–Crippen LogP) is 14.7. The second-order valence-electron chi connectivity index (χ2n) is 16.8. The van der Waals surface area contributed by atoms with E-state index < -0.39 is 5.97 Å². The summed E-state index contributed by atoms with van der Waals surface area (Å²) in [5.74, 6) is 4.00. The largest absolute Gasteiger partial charge is 0.497 e. The summed E-state index contributed by atoms with van der Waals surface area (Å²) in [6, 6.07) is 33.0. The Morgan fingerprint density at radius 3 is 1.26 bits per heavy atom. The lowest BCUT2D eigenvalue weighted by Gasteiger charge is -2.26. The molecular weight excluding hydrogens is 1310 g/mol. The van der Waals surface area contributed by atoms with Crippen LogP contribution >= 0.6 is 95.6 Å². The smallest absolute Gasteiger partial charge is 0.300 e. The number of carbonyl (C=O) groups is 1. The molecular formula is C54H50Br6N4O8. The van der Waals surface area contributed by atoms with Gasteiger partial charge in [0.1, 0.15) is 47.7 Å². The Kier molecular flexibility index (Phi) is 18.1. The zero-order valence-corrected chi connectivity index (χ0v) is 49.2. The van der Waals surface area contributed by atoms with Gasteiger partial charge in [0.05, 0.1) is 58.4 Å². The summed E-state index contributed by atoms with van der Waals surface area (Å²) < 4.78 is 40.0. The van der Waals surface area contributed by atoms with Crippen LogP contribution in [-0.2, 0) is 30.8 Å². The van der Waals surface area contributed by atoms with Crippen LogP contribution in [0.25, 0.3) is 21.8 Å². The van der Waals surface area contributed by atoms with Crippen LogP contribution in [0.15, 0.2) is 124 Å². The van der Waals surface area contributed by atoms with Crippen molar-refractivity contribution < 1.29 is 38.3 Å². The average Bonchev–Trinajstić information content (AvgIpc) is 3.93. The minimum absolute atomic E-state index is 0.0537. The third-order valence-corrected chi connectivity index (χ3v) is 15.5. The second kappa shape index (κ2) is 24.2. The Labute approximate surface area is 468 Å². The Bertz CT molecular complexity index is 3010. The maximum atomic E-state index is 9.00. The van der Waals surface area contributed by atoms with Crippen LogP contribution in [-0.4, -0.2) is 62.6 Å². The Hall–Kier alpha value is -4.53. The summed E-state index contributed by atoms with van der Waals surface area (Å²) >= 11 is 21.4. The van der Waals surface area contributed by atoms with E-state index in [9.17, 15) is 0 Å². The number of aromatic amines is 2. The van der Waals surface area contributed by atoms with Crippen molar-refractivity contribution in [2.45, 2.75) is 45.1 Å². The minimum Gasteiger partial charge on any atom is -0.497 e. The molecule has 376 valence electrons. The minimum atomic E-state index is -0.833. The van der Waals surface area contributed by atoms with E-state index in [0.717, 1.165) is 127 Å². The first-order valence-corrected chi connectivity index (χ1v) is 27.4. The van der Waals surface area contributed by atoms with Gasteiger partial charge in [0.2, 0.25) is 0 Å². The number of hydrogen-bond donors (Lipinski definition) is 5. The lowest BCUT2D eigenvalue weighted by Crippen LogP contribution is -2.30. The number of fused-ring (bicyclic) bond motifs is 6. The highest BCUT2D eigenvalue weighted by Gasteiger charge is 2.28. The fourth-order valence-corrected chi connectivity index (χ4v) is 14.0. The molecule has 0 spiro atoms. The van der Waals surface area contributed by atoms with Gasteiger partial charge in [-0.15, -0.1) is 0 Å². The maximum absolute atomic E-state index is 9.00. The van der Waals surface area contributed by atoms with Crippen molar-refractivity contribution >= 4 is 123 Å². The molecule has 0 saturated carbocycles. The number of carboxylic acids is 1. The van der Waals surface area contributed by atoms with E-state index in [1.165, 1.54) is 33.3 Å². The molecule has 2 aliphatic heterocycles. The number of aliphatic carboxylic acids is 1. The number of H-pyrrole nitrogens is 2. The lowest BCUT2D eigenvalue weighted by molar-refractivity contribution is -0.134. The van der Waals surface area contributed by atoms with Gasteiger partial charge < -0.3 is 54.1 Å². The van der Waals surface area contributed by atoms with Crippen LogP contribution in [0.4, 0.5) is 0 Å². The normalized spacial score (nSPS) is 14.8. The van der Waals surface area contributed by atoms with Gasteiger partial charge in [0, 0.05) is 73.3 Å². The fourth-order valence-electron chi connectivity index (χ4n) is 9.05. The molecule has 12 nitrogen and oxygen atoms in total. The van der Waals surface area contributed by atoms with Crippen LogP contribution < -0.4 is 39.1 Å². The lowest BCUT2D eigenvalue weighted by atomic mass is 9.93. The van der Waals surface area contributed by atoms with Crippen LogP contribution in [0.1, 0.15) is 63.8 Å². The predicted molar refractivity (Wildman–Crippen MR) is 304 cm³/mol. The van der Waals surface area contributed by atoms with Crippen molar-refractivity contribution in [1.29, 1.82) is 0 Å². The maximum Gasteiger partial charge on any atom is 0.300 e. The van der Waals surface area contributed by atoms with E-state index in [1.54, 1.807) is 28.4 Å². The quantitative estimate of drug-likeness (QED) is 0.0801. The first kappa shape index (κ1) is 53.8. The standard InChI is InChI=1S/2C26H23Br3N2O3.C2H4O2/c2*1-32-17-4-5-22-19(12-17)18-7-8-30-24(25(18)31-22)14-3-6-23(33-2)15(9-14)13-34-26-20(28)10-16(27)11-21(26)29;1-2(3)4/h2*3-6,9-12,24,30-31H,7-8,13H2,1-2H3;1H3,(H,3,4). The number of methoxy groups -OCH3 is 4. The van der Waals surface area contributed by atoms with Gasteiger partial charge in [0.15, 0.2) is 0 Å². The number of aromatic nitrogens is 2. The van der Waals surface area contributed by atoms with E-state index in [1.807, 2.05) is 48.5 Å². The molecule has 0 saturated heterocycles. The zero-order chi connectivity index (χ0) is 51.2. The molecule has 0 amide bonds. The molecule has 2 atom stereocenters. The van der Waals surface area contributed by atoms with E-state index in [4.69, 9.17) is 38.3 Å². The SMILES string of the molecule is CC(=O)O.COc1ccc2[nH]c3c(c2c1)CCNC3c1ccc(OC)c(COc2c(Br)cc(Br)cc2Br)c1.COc1ccc2[nH]c3c(c2c1)CCNC3c1ccc(OC)c(COc2c(Br)cc(Br)cc2Br)c1. The number of ether oxygens (including phenoxy) is 6. The van der Waals surface area contributed by atoms with E-state index >= 15 is 0 Å². The fraction of sp³-hybridized carbons (Fsp3) is 0.241. The van der Waals surface area contributed by atoms with Crippen molar-refractivity contribution in [2.75, 3.05) is 41.5 Å². The van der Waals surface area contributed by atoms with Crippen LogP contribution in [0.2, 0.25) is 0 Å². The number of rotatable bonds is 12. The third kappa shape index (κ3) is 12.2. The van der Waals surface area contributed by atoms with Gasteiger partial charge in [-0.05, 0) is 184 Å². The Morgan fingerprint density at radius 1 is 0.542 bits per heavy atom. The highest BCUT2D eigenvalue weighted by molar-refractivity contribution is 9.12. The van der Waals surface area contributed by atoms with Crippen LogP contribution in [0.3, 0.4) is 0 Å². The van der Waals surface area contributed by atoms with Gasteiger partial charge in [0.25, 0.3) is 5.97 Å². The van der Waals surface area contributed by atoms with Crippen molar-refractivity contribution in [1.82, 2.24) is 20.6 Å². The Morgan fingerprint density at radius 2 is 0.917 bits per heavy atom. The molecule has 4 heterocycles. The number of hydrogen-bond acceptors (Lipinski definition) is 9. The van der Waals surface area contributed by atoms with Gasteiger partial charge in [-0.3, -0.25) is 4.79 Å². The first-order chi connectivity index (χ1) is 34.7. The van der Waals surface area contributed by atoms with E-state index in [-0.39, 0.29) is 12.1 Å². The van der Waals surface area contributed by atoms with Crippen molar-refractivity contribution in [3.63, 3.8) is 0 Å². The summed E-state index contributed by atoms with van der Waals surface area (Å²) in [6.45, 7) is 3.63. The summed E-state index contributed by atoms with van der Waals surface area (Å²) in [5.41, 5.74) is 11.6. The van der Waals surface area contributed by atoms with Crippen molar-refractivity contribution in [3.8, 4) is 34.5 Å². The molecule has 72 heavy (non-hydrogen) atoms. The topological polar surface area (TPSA) is 148 Å².